The number of rotatable bonds is 4. The average Bonchev–Trinajstić information content (AvgIpc) is 2.55. The minimum absolute atomic E-state index is 0.654. The highest BCUT2D eigenvalue weighted by Crippen LogP contribution is 2.24. The molecular formula is C17H18N4. The van der Waals surface area contributed by atoms with Gasteiger partial charge in [-0.3, -0.25) is 4.98 Å². The summed E-state index contributed by atoms with van der Waals surface area (Å²) in [6.45, 7) is 0.756. The number of nitrogens with one attached hydrogen (secondary N) is 1. The van der Waals surface area contributed by atoms with Crippen molar-refractivity contribution in [2.45, 2.75) is 32.1 Å². The predicted octanol–water partition coefficient (Wildman–Crippen LogP) is 2.88. The molecule has 0 spiro atoms. The molecule has 4 nitrogen and oxygen atoms in total. The highest BCUT2D eigenvalue weighted by Gasteiger charge is 2.14. The fourth-order valence-electron chi connectivity index (χ4n) is 2.72. The van der Waals surface area contributed by atoms with E-state index in [2.05, 4.69) is 27.4 Å². The van der Waals surface area contributed by atoms with E-state index < -0.39 is 0 Å². The highest BCUT2D eigenvalue weighted by atomic mass is 15.0. The van der Waals surface area contributed by atoms with Crippen molar-refractivity contribution in [3.8, 4) is 6.07 Å². The van der Waals surface area contributed by atoms with Gasteiger partial charge in [0.15, 0.2) is 0 Å². The third-order valence-corrected chi connectivity index (χ3v) is 3.85. The van der Waals surface area contributed by atoms with Crippen LogP contribution in [0.5, 0.6) is 0 Å². The molecule has 4 heteroatoms. The van der Waals surface area contributed by atoms with Crippen molar-refractivity contribution in [3.63, 3.8) is 0 Å². The third kappa shape index (κ3) is 3.19. The Morgan fingerprint density at radius 2 is 2.19 bits per heavy atom. The maximum atomic E-state index is 9.30. The van der Waals surface area contributed by atoms with Crippen molar-refractivity contribution in [2.24, 2.45) is 0 Å². The summed E-state index contributed by atoms with van der Waals surface area (Å²) in [6.07, 6.45) is 8.99. The molecule has 0 unspecified atom stereocenters. The fourth-order valence-corrected chi connectivity index (χ4v) is 2.72. The maximum Gasteiger partial charge on any atom is 0.144 e. The number of fused-ring (bicyclic) bond motifs is 1. The van der Waals surface area contributed by atoms with Gasteiger partial charge in [0, 0.05) is 24.6 Å². The van der Waals surface area contributed by atoms with Gasteiger partial charge in [0.25, 0.3) is 0 Å². The van der Waals surface area contributed by atoms with Gasteiger partial charge in [-0.1, -0.05) is 6.07 Å². The molecule has 0 fully saturated rings. The minimum Gasteiger partial charge on any atom is -0.369 e. The molecule has 0 bridgehead atoms. The zero-order valence-corrected chi connectivity index (χ0v) is 12.0. The number of nitriles is 1. The largest absolute Gasteiger partial charge is 0.369 e. The number of aromatic nitrogens is 2. The smallest absolute Gasteiger partial charge is 0.144 e. The van der Waals surface area contributed by atoms with E-state index in [1.54, 1.807) is 6.20 Å². The minimum atomic E-state index is 0.654. The van der Waals surface area contributed by atoms with Crippen molar-refractivity contribution in [1.29, 1.82) is 5.26 Å². The molecule has 0 amide bonds. The molecule has 0 aromatic carbocycles. The lowest BCUT2D eigenvalue weighted by Crippen LogP contribution is -2.12. The second kappa shape index (κ2) is 6.36. The standard InChI is InChI=1S/C17H18N4/c18-11-15-10-14-5-1-2-6-16(14)21-17(15)20-9-7-13-4-3-8-19-12-13/h3-4,8,10,12H,1-2,5-7,9H2,(H,20,21). The molecule has 0 atom stereocenters. The van der Waals surface area contributed by atoms with Crippen LogP contribution in [0.15, 0.2) is 30.6 Å². The van der Waals surface area contributed by atoms with E-state index in [1.165, 1.54) is 24.0 Å². The van der Waals surface area contributed by atoms with Crippen molar-refractivity contribution >= 4 is 5.82 Å². The van der Waals surface area contributed by atoms with E-state index in [1.807, 2.05) is 18.3 Å². The van der Waals surface area contributed by atoms with E-state index in [-0.39, 0.29) is 0 Å². The molecular weight excluding hydrogens is 260 g/mol. The lowest BCUT2D eigenvalue weighted by Gasteiger charge is -2.17. The summed E-state index contributed by atoms with van der Waals surface area (Å²) in [5.41, 5.74) is 4.24. The molecule has 106 valence electrons. The van der Waals surface area contributed by atoms with Crippen LogP contribution in [0.25, 0.3) is 0 Å². The normalized spacial score (nSPS) is 13.3. The molecule has 1 aliphatic carbocycles. The van der Waals surface area contributed by atoms with Crippen LogP contribution in [-0.4, -0.2) is 16.5 Å². The lowest BCUT2D eigenvalue weighted by atomic mass is 9.95. The summed E-state index contributed by atoms with van der Waals surface area (Å²) >= 11 is 0. The molecule has 21 heavy (non-hydrogen) atoms. The highest BCUT2D eigenvalue weighted by molar-refractivity contribution is 5.54. The molecule has 1 N–H and O–H groups in total. The third-order valence-electron chi connectivity index (χ3n) is 3.85. The average molecular weight is 278 g/mol. The summed E-state index contributed by atoms with van der Waals surface area (Å²) in [6, 6.07) is 8.26. The van der Waals surface area contributed by atoms with Gasteiger partial charge < -0.3 is 5.32 Å². The first-order valence-corrected chi connectivity index (χ1v) is 7.42. The number of anilines is 1. The molecule has 0 aliphatic heterocycles. The van der Waals surface area contributed by atoms with Crippen LogP contribution in [0.1, 0.15) is 35.2 Å². The van der Waals surface area contributed by atoms with E-state index in [9.17, 15) is 5.26 Å². The van der Waals surface area contributed by atoms with Crippen molar-refractivity contribution < 1.29 is 0 Å². The molecule has 1 aliphatic rings. The van der Waals surface area contributed by atoms with Crippen molar-refractivity contribution in [2.75, 3.05) is 11.9 Å². The number of hydrogen-bond acceptors (Lipinski definition) is 4. The van der Waals surface area contributed by atoms with Gasteiger partial charge in [-0.05, 0) is 55.4 Å². The lowest BCUT2D eigenvalue weighted by molar-refractivity contribution is 0.668. The van der Waals surface area contributed by atoms with Crippen molar-refractivity contribution in [3.05, 3.63) is 53.0 Å². The maximum absolute atomic E-state index is 9.30. The van der Waals surface area contributed by atoms with Crippen LogP contribution in [0.2, 0.25) is 0 Å². The number of pyridine rings is 2. The number of aryl methyl sites for hydroxylation is 2. The Bertz CT molecular complexity index is 658. The second-order valence-corrected chi connectivity index (χ2v) is 5.35. The molecule has 3 rings (SSSR count). The zero-order chi connectivity index (χ0) is 14.5. The topological polar surface area (TPSA) is 61.6 Å². The summed E-state index contributed by atoms with van der Waals surface area (Å²) in [4.78, 5) is 8.77. The van der Waals surface area contributed by atoms with Crippen LogP contribution >= 0.6 is 0 Å². The van der Waals surface area contributed by atoms with Gasteiger partial charge in [-0.25, -0.2) is 4.98 Å². The summed E-state index contributed by atoms with van der Waals surface area (Å²) in [5, 5.41) is 12.6. The molecule has 0 saturated heterocycles. The first kappa shape index (κ1) is 13.6. The Kier molecular flexibility index (Phi) is 4.11. The van der Waals surface area contributed by atoms with Crippen LogP contribution in [0.4, 0.5) is 5.82 Å². The molecule has 0 saturated carbocycles. The zero-order valence-electron chi connectivity index (χ0n) is 12.0. The van der Waals surface area contributed by atoms with Gasteiger partial charge in [0.05, 0.1) is 5.56 Å². The second-order valence-electron chi connectivity index (χ2n) is 5.35. The number of hydrogen-bond donors (Lipinski definition) is 1. The monoisotopic (exact) mass is 278 g/mol. The van der Waals surface area contributed by atoms with Gasteiger partial charge >= 0.3 is 0 Å². The molecule has 2 heterocycles. The van der Waals surface area contributed by atoms with Gasteiger partial charge in [-0.15, -0.1) is 0 Å². The van der Waals surface area contributed by atoms with Gasteiger partial charge in [-0.2, -0.15) is 5.26 Å². The summed E-state index contributed by atoms with van der Waals surface area (Å²) in [5.74, 6) is 0.724. The van der Waals surface area contributed by atoms with Crippen molar-refractivity contribution in [1.82, 2.24) is 9.97 Å². The van der Waals surface area contributed by atoms with Crippen LogP contribution in [0, 0.1) is 11.3 Å². The Labute approximate surface area is 124 Å². The Hall–Kier alpha value is -2.41. The van der Waals surface area contributed by atoms with E-state index >= 15 is 0 Å². The van der Waals surface area contributed by atoms with E-state index in [0.717, 1.165) is 37.3 Å². The van der Waals surface area contributed by atoms with E-state index in [0.29, 0.717) is 5.56 Å². The van der Waals surface area contributed by atoms with Crippen LogP contribution < -0.4 is 5.32 Å². The van der Waals surface area contributed by atoms with E-state index in [4.69, 9.17) is 0 Å². The SMILES string of the molecule is N#Cc1cc2c(nc1NCCc1cccnc1)CCCC2. The number of nitrogens with zero attached hydrogens (tertiary/aromatic N) is 3. The summed E-state index contributed by atoms with van der Waals surface area (Å²) in [7, 11) is 0. The van der Waals surface area contributed by atoms with Gasteiger partial charge in [0.1, 0.15) is 11.9 Å². The van der Waals surface area contributed by atoms with Crippen LogP contribution in [-0.2, 0) is 19.3 Å². The molecule has 0 radical (unpaired) electrons. The fraction of sp³-hybridized carbons (Fsp3) is 0.353. The Balaban J connectivity index is 1.71. The first-order valence-electron chi connectivity index (χ1n) is 7.42. The summed E-state index contributed by atoms with van der Waals surface area (Å²) < 4.78 is 0. The Morgan fingerprint density at radius 1 is 1.29 bits per heavy atom. The quantitative estimate of drug-likeness (QED) is 0.934. The first-order chi connectivity index (χ1) is 10.4. The Morgan fingerprint density at radius 3 is 3.00 bits per heavy atom. The predicted molar refractivity (Wildman–Crippen MR) is 82.0 cm³/mol. The van der Waals surface area contributed by atoms with Crippen LogP contribution in [0.3, 0.4) is 0 Å². The molecule has 2 aromatic rings. The molecule has 2 aromatic heterocycles. The van der Waals surface area contributed by atoms with Gasteiger partial charge in [0.2, 0.25) is 0 Å².